The Kier molecular flexibility index (Phi) is 4.94. The molecule has 1 N–H and O–H groups in total. The zero-order valence-corrected chi connectivity index (χ0v) is 9.96. The molecule has 0 radical (unpaired) electrons. The number of aliphatic hydroxyl groups excluding tert-OH is 1. The van der Waals surface area contributed by atoms with Gasteiger partial charge >= 0.3 is 0 Å². The highest BCUT2D eigenvalue weighted by Gasteiger charge is 2.10. The van der Waals surface area contributed by atoms with Gasteiger partial charge in [0.2, 0.25) is 0 Å². The minimum absolute atomic E-state index is 0.151. The highest BCUT2D eigenvalue weighted by atomic mass is 32.1. The summed E-state index contributed by atoms with van der Waals surface area (Å²) in [5, 5.41) is 11.0. The van der Waals surface area contributed by atoms with Crippen molar-refractivity contribution in [3.8, 4) is 0 Å². The highest BCUT2D eigenvalue weighted by Crippen LogP contribution is 2.09. The average Bonchev–Trinajstić information content (AvgIpc) is 2.67. The Morgan fingerprint density at radius 2 is 2.40 bits per heavy atom. The monoisotopic (exact) mass is 227 g/mol. The average molecular weight is 227 g/mol. The van der Waals surface area contributed by atoms with Gasteiger partial charge in [-0.25, -0.2) is 0 Å². The van der Waals surface area contributed by atoms with E-state index < -0.39 is 0 Å². The molecule has 1 heterocycles. The second kappa shape index (κ2) is 6.00. The van der Waals surface area contributed by atoms with E-state index in [0.717, 1.165) is 11.4 Å². The van der Waals surface area contributed by atoms with E-state index in [2.05, 4.69) is 0 Å². The summed E-state index contributed by atoms with van der Waals surface area (Å²) in [6.07, 6.45) is 0.401. The smallest absolute Gasteiger partial charge is 0.186 e. The van der Waals surface area contributed by atoms with Crippen LogP contribution in [0, 0.1) is 0 Å². The quantitative estimate of drug-likeness (QED) is 0.751. The van der Waals surface area contributed by atoms with Gasteiger partial charge in [0, 0.05) is 6.54 Å². The Hall–Kier alpha value is -0.710. The molecule has 0 aliphatic carbocycles. The van der Waals surface area contributed by atoms with Gasteiger partial charge in [-0.1, -0.05) is 6.07 Å². The first kappa shape index (κ1) is 12.4. The van der Waals surface area contributed by atoms with E-state index >= 15 is 0 Å². The largest absolute Gasteiger partial charge is 0.393 e. The first-order chi connectivity index (χ1) is 7.09. The third-order valence-corrected chi connectivity index (χ3v) is 3.05. The Bertz CT molecular complexity index is 296. The van der Waals surface area contributed by atoms with Crippen molar-refractivity contribution in [1.82, 2.24) is 4.90 Å². The van der Waals surface area contributed by atoms with Crippen molar-refractivity contribution in [1.29, 1.82) is 0 Å². The number of ketones is 1. The van der Waals surface area contributed by atoms with Crippen molar-refractivity contribution in [3.63, 3.8) is 0 Å². The number of Topliss-reactive ketones (excluding diaryl/α,β-unsaturated/α-hetero) is 1. The van der Waals surface area contributed by atoms with Gasteiger partial charge in [-0.2, -0.15) is 0 Å². The molecule has 0 aliphatic heterocycles. The molecular formula is C11H17NO2S. The summed E-state index contributed by atoms with van der Waals surface area (Å²) in [6, 6.07) is 3.73. The van der Waals surface area contributed by atoms with Gasteiger partial charge in [0.25, 0.3) is 0 Å². The van der Waals surface area contributed by atoms with Crippen molar-refractivity contribution in [2.45, 2.75) is 19.4 Å². The molecule has 4 heteroatoms. The van der Waals surface area contributed by atoms with Gasteiger partial charge < -0.3 is 5.11 Å². The number of thiophene rings is 1. The van der Waals surface area contributed by atoms with Crippen molar-refractivity contribution < 1.29 is 9.90 Å². The molecule has 0 saturated carbocycles. The van der Waals surface area contributed by atoms with Crippen molar-refractivity contribution in [2.24, 2.45) is 0 Å². The number of hydrogen-bond donors (Lipinski definition) is 1. The molecule has 1 unspecified atom stereocenters. The maximum absolute atomic E-state index is 11.7. The van der Waals surface area contributed by atoms with Crippen molar-refractivity contribution >= 4 is 17.1 Å². The lowest BCUT2D eigenvalue weighted by Crippen LogP contribution is -2.28. The molecule has 1 rings (SSSR count). The first-order valence-corrected chi connectivity index (χ1v) is 5.91. The van der Waals surface area contributed by atoms with Gasteiger partial charge in [0.15, 0.2) is 5.78 Å². The lowest BCUT2D eigenvalue weighted by atomic mass is 10.2. The molecular weight excluding hydrogens is 210 g/mol. The van der Waals surface area contributed by atoms with Crippen LogP contribution in [0.5, 0.6) is 0 Å². The van der Waals surface area contributed by atoms with E-state index in [0.29, 0.717) is 13.0 Å². The molecule has 84 valence electrons. The third kappa shape index (κ3) is 4.55. The fourth-order valence-electron chi connectivity index (χ4n) is 1.25. The fraction of sp³-hybridized carbons (Fsp3) is 0.545. The minimum Gasteiger partial charge on any atom is -0.393 e. The van der Waals surface area contributed by atoms with E-state index in [4.69, 9.17) is 5.11 Å². The van der Waals surface area contributed by atoms with Gasteiger partial charge in [-0.3, -0.25) is 9.69 Å². The summed E-state index contributed by atoms with van der Waals surface area (Å²) in [5.74, 6) is 0.151. The Labute approximate surface area is 94.3 Å². The maximum Gasteiger partial charge on any atom is 0.186 e. The molecule has 0 fully saturated rings. The van der Waals surface area contributed by atoms with Gasteiger partial charge in [0.05, 0.1) is 17.5 Å². The van der Waals surface area contributed by atoms with Crippen LogP contribution in [-0.2, 0) is 0 Å². The molecule has 0 aliphatic rings. The Balaban J connectivity index is 2.32. The predicted octanol–water partition coefficient (Wildman–Crippen LogP) is 1.63. The fourth-order valence-corrected chi connectivity index (χ4v) is 1.90. The molecule has 1 atom stereocenters. The second-order valence-electron chi connectivity index (χ2n) is 3.78. The van der Waals surface area contributed by atoms with E-state index in [1.54, 1.807) is 6.92 Å². The summed E-state index contributed by atoms with van der Waals surface area (Å²) >= 11 is 1.47. The summed E-state index contributed by atoms with van der Waals surface area (Å²) in [7, 11) is 1.90. The Morgan fingerprint density at radius 3 is 2.93 bits per heavy atom. The van der Waals surface area contributed by atoms with E-state index in [9.17, 15) is 4.79 Å². The number of likely N-dealkylation sites (N-methyl/N-ethyl adjacent to an activating group) is 1. The molecule has 15 heavy (non-hydrogen) atoms. The maximum atomic E-state index is 11.7. The van der Waals surface area contributed by atoms with Crippen LogP contribution in [0.25, 0.3) is 0 Å². The minimum atomic E-state index is -0.302. The van der Waals surface area contributed by atoms with Crippen LogP contribution < -0.4 is 0 Å². The number of aliphatic hydroxyl groups is 1. The zero-order valence-electron chi connectivity index (χ0n) is 9.14. The molecule has 0 bridgehead atoms. The summed E-state index contributed by atoms with van der Waals surface area (Å²) in [6.45, 7) is 2.93. The molecule has 3 nitrogen and oxygen atoms in total. The second-order valence-corrected chi connectivity index (χ2v) is 4.72. The summed E-state index contributed by atoms with van der Waals surface area (Å²) < 4.78 is 0. The molecule has 1 aromatic heterocycles. The third-order valence-electron chi connectivity index (χ3n) is 2.14. The number of carbonyl (C=O) groups excluding carboxylic acids is 1. The van der Waals surface area contributed by atoms with Crippen LogP contribution in [0.2, 0.25) is 0 Å². The lowest BCUT2D eigenvalue weighted by molar-refractivity contribution is 0.0935. The van der Waals surface area contributed by atoms with Crippen LogP contribution >= 0.6 is 11.3 Å². The van der Waals surface area contributed by atoms with Crippen LogP contribution in [-0.4, -0.2) is 42.0 Å². The van der Waals surface area contributed by atoms with E-state index in [1.165, 1.54) is 11.3 Å². The van der Waals surface area contributed by atoms with E-state index in [1.807, 2.05) is 29.5 Å². The lowest BCUT2D eigenvalue weighted by Gasteiger charge is -2.15. The number of nitrogens with zero attached hydrogens (tertiary/aromatic N) is 1. The molecule has 0 amide bonds. The standard InChI is InChI=1S/C11H17NO2S/c1-9(13)5-6-12(2)8-10(14)11-4-3-7-15-11/h3-4,7,9,13H,5-6,8H2,1-2H3. The van der Waals surface area contributed by atoms with Crippen molar-refractivity contribution in [3.05, 3.63) is 22.4 Å². The zero-order chi connectivity index (χ0) is 11.3. The number of hydrogen-bond acceptors (Lipinski definition) is 4. The number of rotatable bonds is 6. The van der Waals surface area contributed by atoms with E-state index in [-0.39, 0.29) is 11.9 Å². The normalized spacial score (nSPS) is 13.1. The number of carbonyl (C=O) groups is 1. The van der Waals surface area contributed by atoms with Gasteiger partial charge in [-0.15, -0.1) is 11.3 Å². The van der Waals surface area contributed by atoms with Crippen LogP contribution in [0.1, 0.15) is 23.0 Å². The summed E-state index contributed by atoms with van der Waals surface area (Å²) in [4.78, 5) is 14.4. The first-order valence-electron chi connectivity index (χ1n) is 5.03. The van der Waals surface area contributed by atoms with Crippen LogP contribution in [0.3, 0.4) is 0 Å². The highest BCUT2D eigenvalue weighted by molar-refractivity contribution is 7.12. The Morgan fingerprint density at radius 1 is 1.67 bits per heavy atom. The molecule has 0 saturated heterocycles. The van der Waals surface area contributed by atoms with Gasteiger partial charge in [0.1, 0.15) is 0 Å². The van der Waals surface area contributed by atoms with Crippen molar-refractivity contribution in [2.75, 3.05) is 20.1 Å². The van der Waals surface area contributed by atoms with Gasteiger partial charge in [-0.05, 0) is 31.8 Å². The predicted molar refractivity (Wildman–Crippen MR) is 62.4 cm³/mol. The molecule has 0 aromatic carbocycles. The van der Waals surface area contributed by atoms with Crippen LogP contribution in [0.4, 0.5) is 0 Å². The summed E-state index contributed by atoms with van der Waals surface area (Å²) in [5.41, 5.74) is 0. The topological polar surface area (TPSA) is 40.5 Å². The SMILES string of the molecule is CC(O)CCN(C)CC(=O)c1cccs1. The molecule has 1 aromatic rings. The van der Waals surface area contributed by atoms with Crippen LogP contribution in [0.15, 0.2) is 17.5 Å². The molecule has 0 spiro atoms.